The van der Waals surface area contributed by atoms with Gasteiger partial charge in [0.15, 0.2) is 0 Å². The molecule has 5 heteroatoms. The molecule has 3 aromatic rings. The Balaban J connectivity index is 1.61. The number of nitrogens with zero attached hydrogens (tertiary/aromatic N) is 2. The lowest BCUT2D eigenvalue weighted by Gasteiger charge is -2.07. The lowest BCUT2D eigenvalue weighted by molar-refractivity contribution is 0.630. The van der Waals surface area contributed by atoms with Gasteiger partial charge < -0.3 is 5.32 Å². The molecule has 0 aliphatic heterocycles. The van der Waals surface area contributed by atoms with Crippen LogP contribution < -0.4 is 5.32 Å². The molecule has 3 rings (SSSR count). The molecule has 0 atom stereocenters. The molecular formula is C16H14FN3S. The fourth-order valence-electron chi connectivity index (χ4n) is 2.03. The summed E-state index contributed by atoms with van der Waals surface area (Å²) in [6.45, 7) is 0.671. The predicted molar refractivity (Wildman–Crippen MR) is 85.2 cm³/mol. The second-order valence-electron chi connectivity index (χ2n) is 4.45. The second kappa shape index (κ2) is 6.54. The molecular weight excluding hydrogens is 285 g/mol. The summed E-state index contributed by atoms with van der Waals surface area (Å²) in [7, 11) is 0. The minimum atomic E-state index is -0.227. The fraction of sp³-hybridized carbons (Fsp3) is 0.125. The third-order valence-corrected chi connectivity index (χ3v) is 4.04. The molecule has 0 amide bonds. The van der Waals surface area contributed by atoms with E-state index >= 15 is 0 Å². The topological polar surface area (TPSA) is 37.8 Å². The number of fused-ring (bicyclic) bond motifs is 1. The summed E-state index contributed by atoms with van der Waals surface area (Å²) in [6.07, 6.45) is 1.58. The molecule has 0 saturated carbocycles. The molecule has 0 bridgehead atoms. The number of benzene rings is 2. The predicted octanol–water partition coefficient (Wildman–Crippen LogP) is 3.97. The zero-order valence-corrected chi connectivity index (χ0v) is 12.1. The number of hydrogen-bond acceptors (Lipinski definition) is 4. The van der Waals surface area contributed by atoms with E-state index in [0.29, 0.717) is 12.2 Å². The first-order valence-electron chi connectivity index (χ1n) is 6.65. The third-order valence-electron chi connectivity index (χ3n) is 3.04. The van der Waals surface area contributed by atoms with Gasteiger partial charge in [0.05, 0.1) is 11.2 Å². The molecule has 1 N–H and O–H groups in total. The van der Waals surface area contributed by atoms with Crippen molar-refractivity contribution in [3.05, 3.63) is 60.7 Å². The van der Waals surface area contributed by atoms with Gasteiger partial charge in [-0.3, -0.25) is 0 Å². The molecule has 0 unspecified atom stereocenters. The van der Waals surface area contributed by atoms with Crippen LogP contribution in [0.4, 0.5) is 10.1 Å². The number of rotatable bonds is 5. The summed E-state index contributed by atoms with van der Waals surface area (Å²) in [5, 5.41) is 5.10. The zero-order chi connectivity index (χ0) is 14.5. The van der Waals surface area contributed by atoms with Gasteiger partial charge in [-0.2, -0.15) is 0 Å². The molecule has 0 radical (unpaired) electrons. The molecule has 0 aliphatic rings. The lowest BCUT2D eigenvalue weighted by Crippen LogP contribution is -2.05. The smallest absolute Gasteiger partial charge is 0.146 e. The standard InChI is InChI=1S/C16H14FN3S/c17-13-6-2-4-8-15(13)18-9-10-21-16-12-5-1-3-7-14(12)19-11-20-16/h1-8,11,18H,9-10H2. The largest absolute Gasteiger partial charge is 0.382 e. The van der Waals surface area contributed by atoms with Crippen molar-refractivity contribution in [2.45, 2.75) is 5.03 Å². The van der Waals surface area contributed by atoms with Crippen molar-refractivity contribution in [1.82, 2.24) is 9.97 Å². The molecule has 0 aliphatic carbocycles. The normalized spacial score (nSPS) is 10.7. The van der Waals surface area contributed by atoms with Crippen LogP contribution in [0.1, 0.15) is 0 Å². The van der Waals surface area contributed by atoms with Crippen LogP contribution in [0.15, 0.2) is 59.9 Å². The highest BCUT2D eigenvalue weighted by atomic mass is 32.2. The van der Waals surface area contributed by atoms with Crippen LogP contribution in [-0.4, -0.2) is 22.3 Å². The van der Waals surface area contributed by atoms with Gasteiger partial charge in [0.1, 0.15) is 17.2 Å². The molecule has 2 aromatic carbocycles. The first-order chi connectivity index (χ1) is 10.3. The van der Waals surface area contributed by atoms with Gasteiger partial charge in [0, 0.05) is 17.7 Å². The Bertz CT molecular complexity index is 743. The van der Waals surface area contributed by atoms with Crippen molar-refractivity contribution in [3.63, 3.8) is 0 Å². The maximum atomic E-state index is 13.5. The highest BCUT2D eigenvalue weighted by Gasteiger charge is 2.04. The lowest BCUT2D eigenvalue weighted by atomic mass is 10.2. The van der Waals surface area contributed by atoms with Crippen molar-refractivity contribution in [2.24, 2.45) is 0 Å². The Morgan fingerprint density at radius 1 is 1.00 bits per heavy atom. The summed E-state index contributed by atoms with van der Waals surface area (Å²) >= 11 is 1.64. The van der Waals surface area contributed by atoms with Gasteiger partial charge in [-0.15, -0.1) is 11.8 Å². The SMILES string of the molecule is Fc1ccccc1NCCSc1ncnc2ccccc12. The molecule has 0 fully saturated rings. The van der Waals surface area contributed by atoms with E-state index in [2.05, 4.69) is 15.3 Å². The Kier molecular flexibility index (Phi) is 4.31. The Hall–Kier alpha value is -2.14. The van der Waals surface area contributed by atoms with Gasteiger partial charge in [0.2, 0.25) is 0 Å². The Labute approximate surface area is 126 Å². The van der Waals surface area contributed by atoms with Crippen LogP contribution in [0.25, 0.3) is 10.9 Å². The van der Waals surface area contributed by atoms with Crippen molar-refractivity contribution in [1.29, 1.82) is 0 Å². The van der Waals surface area contributed by atoms with Crippen LogP contribution in [0, 0.1) is 5.82 Å². The summed E-state index contributed by atoms with van der Waals surface area (Å²) < 4.78 is 13.5. The summed E-state index contributed by atoms with van der Waals surface area (Å²) in [6, 6.07) is 14.6. The van der Waals surface area contributed by atoms with E-state index in [1.54, 1.807) is 30.2 Å². The van der Waals surface area contributed by atoms with E-state index in [4.69, 9.17) is 0 Å². The number of nitrogens with one attached hydrogen (secondary N) is 1. The molecule has 1 aromatic heterocycles. The van der Waals surface area contributed by atoms with Gasteiger partial charge >= 0.3 is 0 Å². The number of para-hydroxylation sites is 2. The number of halogens is 1. The van der Waals surface area contributed by atoms with Gasteiger partial charge in [-0.05, 0) is 18.2 Å². The maximum absolute atomic E-state index is 13.5. The van der Waals surface area contributed by atoms with E-state index < -0.39 is 0 Å². The van der Waals surface area contributed by atoms with Gasteiger partial charge in [0.25, 0.3) is 0 Å². The summed E-state index contributed by atoms with van der Waals surface area (Å²) in [5.41, 5.74) is 1.47. The third kappa shape index (κ3) is 3.31. The number of hydrogen-bond donors (Lipinski definition) is 1. The van der Waals surface area contributed by atoms with E-state index in [0.717, 1.165) is 21.7 Å². The summed E-state index contributed by atoms with van der Waals surface area (Å²) in [4.78, 5) is 8.56. The fourth-order valence-corrected chi connectivity index (χ4v) is 2.88. The van der Waals surface area contributed by atoms with E-state index in [9.17, 15) is 4.39 Å². The molecule has 0 saturated heterocycles. The average molecular weight is 299 g/mol. The van der Waals surface area contributed by atoms with Gasteiger partial charge in [-0.25, -0.2) is 14.4 Å². The first-order valence-corrected chi connectivity index (χ1v) is 7.64. The summed E-state index contributed by atoms with van der Waals surface area (Å²) in [5.74, 6) is 0.574. The second-order valence-corrected chi connectivity index (χ2v) is 5.53. The quantitative estimate of drug-likeness (QED) is 0.439. The molecule has 0 spiro atoms. The average Bonchev–Trinajstić information content (AvgIpc) is 2.53. The van der Waals surface area contributed by atoms with E-state index in [1.807, 2.05) is 30.3 Å². The van der Waals surface area contributed by atoms with Gasteiger partial charge in [-0.1, -0.05) is 30.3 Å². The van der Waals surface area contributed by atoms with Crippen LogP contribution in [0.2, 0.25) is 0 Å². The molecule has 3 nitrogen and oxygen atoms in total. The highest BCUT2D eigenvalue weighted by Crippen LogP contribution is 2.24. The Morgan fingerprint density at radius 3 is 2.71 bits per heavy atom. The molecule has 106 valence electrons. The number of anilines is 1. The first kappa shape index (κ1) is 13.8. The molecule has 1 heterocycles. The monoisotopic (exact) mass is 299 g/mol. The van der Waals surface area contributed by atoms with Crippen molar-refractivity contribution < 1.29 is 4.39 Å². The Morgan fingerprint density at radius 2 is 1.81 bits per heavy atom. The number of thioether (sulfide) groups is 1. The van der Waals surface area contributed by atoms with Crippen LogP contribution >= 0.6 is 11.8 Å². The van der Waals surface area contributed by atoms with Crippen molar-refractivity contribution in [3.8, 4) is 0 Å². The van der Waals surface area contributed by atoms with Crippen molar-refractivity contribution in [2.75, 3.05) is 17.6 Å². The van der Waals surface area contributed by atoms with Crippen molar-refractivity contribution >= 4 is 28.4 Å². The van der Waals surface area contributed by atoms with E-state index in [1.165, 1.54) is 6.07 Å². The van der Waals surface area contributed by atoms with Crippen LogP contribution in [0.3, 0.4) is 0 Å². The van der Waals surface area contributed by atoms with E-state index in [-0.39, 0.29) is 5.82 Å². The van der Waals surface area contributed by atoms with Crippen LogP contribution in [0.5, 0.6) is 0 Å². The number of aromatic nitrogens is 2. The zero-order valence-electron chi connectivity index (χ0n) is 11.3. The minimum Gasteiger partial charge on any atom is -0.382 e. The highest BCUT2D eigenvalue weighted by molar-refractivity contribution is 7.99. The minimum absolute atomic E-state index is 0.227. The van der Waals surface area contributed by atoms with Crippen LogP contribution in [-0.2, 0) is 0 Å². The molecule has 21 heavy (non-hydrogen) atoms. The maximum Gasteiger partial charge on any atom is 0.146 e.